The molecule has 120 valence electrons. The molecule has 0 saturated carbocycles. The number of para-hydroxylation sites is 1. The molecular formula is C16H16ClN3O3. The van der Waals surface area contributed by atoms with Crippen LogP contribution in [0.1, 0.15) is 16.8 Å². The highest BCUT2D eigenvalue weighted by Gasteiger charge is 2.31. The lowest BCUT2D eigenvalue weighted by molar-refractivity contribution is -0.125. The predicted octanol–water partition coefficient (Wildman–Crippen LogP) is 0.732. The Bertz CT molecular complexity index is 669. The number of halogens is 1. The van der Waals surface area contributed by atoms with Gasteiger partial charge in [0.05, 0.1) is 23.7 Å². The first-order valence-electron chi connectivity index (χ1n) is 7.06. The first kappa shape index (κ1) is 16.8. The van der Waals surface area contributed by atoms with E-state index in [9.17, 15) is 14.4 Å². The topological polar surface area (TPSA) is 87.3 Å². The first-order chi connectivity index (χ1) is 11.0. The molecule has 0 radical (unpaired) electrons. The summed E-state index contributed by atoms with van der Waals surface area (Å²) in [7, 11) is 0. The van der Waals surface area contributed by atoms with Crippen LogP contribution < -0.4 is 16.0 Å². The molecule has 1 aliphatic rings. The van der Waals surface area contributed by atoms with Gasteiger partial charge in [-0.3, -0.25) is 14.4 Å². The molecule has 1 fully saturated rings. The second kappa shape index (κ2) is 7.65. The molecule has 0 aliphatic carbocycles. The minimum atomic E-state index is -0.728. The lowest BCUT2D eigenvalue weighted by atomic mass is 9.97. The van der Waals surface area contributed by atoms with Gasteiger partial charge >= 0.3 is 0 Å². The van der Waals surface area contributed by atoms with Crippen LogP contribution in [0.5, 0.6) is 0 Å². The van der Waals surface area contributed by atoms with Crippen LogP contribution in [0.2, 0.25) is 0 Å². The fourth-order valence-electron chi connectivity index (χ4n) is 2.23. The lowest BCUT2D eigenvalue weighted by Crippen LogP contribution is -2.46. The van der Waals surface area contributed by atoms with Crippen LogP contribution in [0.4, 0.5) is 5.69 Å². The summed E-state index contributed by atoms with van der Waals surface area (Å²) in [5.41, 5.74) is 0.702. The molecule has 2 unspecified atom stereocenters. The number of hydrogen-bond donors (Lipinski definition) is 3. The van der Waals surface area contributed by atoms with Crippen LogP contribution in [0, 0.1) is 18.3 Å². The van der Waals surface area contributed by atoms with Crippen molar-refractivity contribution in [3.05, 3.63) is 29.8 Å². The van der Waals surface area contributed by atoms with Crippen molar-refractivity contribution in [1.29, 1.82) is 0 Å². The van der Waals surface area contributed by atoms with Gasteiger partial charge in [-0.25, -0.2) is 0 Å². The highest BCUT2D eigenvalue weighted by molar-refractivity contribution is 6.31. The molecule has 1 saturated heterocycles. The number of hydrogen-bond acceptors (Lipinski definition) is 3. The molecule has 1 aliphatic heterocycles. The largest absolute Gasteiger partial charge is 0.354 e. The number of alkyl halides is 1. The molecule has 2 rings (SSSR count). The van der Waals surface area contributed by atoms with E-state index in [4.69, 9.17) is 18.0 Å². The summed E-state index contributed by atoms with van der Waals surface area (Å²) in [5, 5.41) is 7.11. The van der Waals surface area contributed by atoms with Crippen LogP contribution in [0.15, 0.2) is 24.3 Å². The highest BCUT2D eigenvalue weighted by atomic mass is 35.5. The quantitative estimate of drug-likeness (QED) is 0.561. The van der Waals surface area contributed by atoms with E-state index in [-0.39, 0.29) is 37.2 Å². The standard InChI is InChI=1S/C16H16ClN3O3/c1-2-7-18-15(22)11-5-3-4-6-13(11)20-14(21)10-8-12(17)16(23)19-9-10/h1,3-6,10,12H,7-9H2,(H,18,22)(H,19,23)(H,20,21). The molecular weight excluding hydrogens is 318 g/mol. The van der Waals surface area contributed by atoms with E-state index in [0.717, 1.165) is 0 Å². The van der Waals surface area contributed by atoms with Gasteiger partial charge < -0.3 is 16.0 Å². The molecule has 3 amide bonds. The van der Waals surface area contributed by atoms with E-state index in [1.807, 2.05) is 0 Å². The SMILES string of the molecule is C#CCNC(=O)c1ccccc1NC(=O)C1CNC(=O)C(Cl)C1. The Kier molecular flexibility index (Phi) is 5.61. The van der Waals surface area contributed by atoms with Gasteiger partial charge in [0.2, 0.25) is 11.8 Å². The Morgan fingerprint density at radius 2 is 2.13 bits per heavy atom. The number of nitrogens with one attached hydrogen (secondary N) is 3. The number of terminal acetylenes is 1. The Labute approximate surface area is 139 Å². The van der Waals surface area contributed by atoms with Gasteiger partial charge in [-0.05, 0) is 18.6 Å². The predicted molar refractivity (Wildman–Crippen MR) is 87.0 cm³/mol. The molecule has 1 heterocycles. The molecule has 7 heteroatoms. The first-order valence-corrected chi connectivity index (χ1v) is 7.50. The zero-order valence-electron chi connectivity index (χ0n) is 12.3. The van der Waals surface area contributed by atoms with Crippen molar-refractivity contribution < 1.29 is 14.4 Å². The van der Waals surface area contributed by atoms with E-state index in [0.29, 0.717) is 11.3 Å². The minimum absolute atomic E-state index is 0.101. The number of carbonyl (C=O) groups excluding carboxylic acids is 3. The van der Waals surface area contributed by atoms with Crippen LogP contribution >= 0.6 is 11.6 Å². The average Bonchev–Trinajstić information content (AvgIpc) is 2.55. The third-order valence-electron chi connectivity index (χ3n) is 3.45. The van der Waals surface area contributed by atoms with Crippen LogP contribution in [0.3, 0.4) is 0 Å². The molecule has 0 spiro atoms. The maximum Gasteiger partial charge on any atom is 0.254 e. The van der Waals surface area contributed by atoms with Gasteiger partial charge in [0.1, 0.15) is 5.38 Å². The van der Waals surface area contributed by atoms with Crippen molar-refractivity contribution in [2.75, 3.05) is 18.4 Å². The molecule has 3 N–H and O–H groups in total. The minimum Gasteiger partial charge on any atom is -0.354 e. The van der Waals surface area contributed by atoms with Crippen LogP contribution in [0.25, 0.3) is 0 Å². The van der Waals surface area contributed by atoms with E-state index < -0.39 is 11.3 Å². The summed E-state index contributed by atoms with van der Waals surface area (Å²) < 4.78 is 0. The van der Waals surface area contributed by atoms with Crippen molar-refractivity contribution in [3.8, 4) is 12.3 Å². The molecule has 0 bridgehead atoms. The normalized spacial score (nSPS) is 20.1. The third-order valence-corrected chi connectivity index (χ3v) is 3.83. The molecule has 1 aromatic carbocycles. The van der Waals surface area contributed by atoms with Crippen molar-refractivity contribution in [2.45, 2.75) is 11.8 Å². The zero-order chi connectivity index (χ0) is 16.8. The van der Waals surface area contributed by atoms with Crippen molar-refractivity contribution in [1.82, 2.24) is 10.6 Å². The number of amides is 3. The maximum atomic E-state index is 12.3. The second-order valence-electron chi connectivity index (χ2n) is 5.07. The fraction of sp³-hybridized carbons (Fsp3) is 0.312. The van der Waals surface area contributed by atoms with E-state index in [1.54, 1.807) is 24.3 Å². The molecule has 23 heavy (non-hydrogen) atoms. The monoisotopic (exact) mass is 333 g/mol. The van der Waals surface area contributed by atoms with Crippen molar-refractivity contribution in [3.63, 3.8) is 0 Å². The third kappa shape index (κ3) is 4.24. The van der Waals surface area contributed by atoms with E-state index in [1.165, 1.54) is 0 Å². The summed E-state index contributed by atoms with van der Waals surface area (Å²) in [4.78, 5) is 35.7. The van der Waals surface area contributed by atoms with E-state index >= 15 is 0 Å². The summed E-state index contributed by atoms with van der Waals surface area (Å²) >= 11 is 5.87. The molecule has 2 atom stereocenters. The summed E-state index contributed by atoms with van der Waals surface area (Å²) in [6.07, 6.45) is 5.37. The number of rotatable bonds is 4. The number of anilines is 1. The number of benzene rings is 1. The Morgan fingerprint density at radius 3 is 2.83 bits per heavy atom. The summed E-state index contributed by atoms with van der Waals surface area (Å²) in [6.45, 7) is 0.322. The van der Waals surface area contributed by atoms with Gasteiger partial charge in [-0.2, -0.15) is 0 Å². The number of piperidine rings is 1. The molecule has 0 aromatic heterocycles. The van der Waals surface area contributed by atoms with Crippen molar-refractivity contribution >= 4 is 35.0 Å². The Balaban J connectivity index is 2.08. The number of carbonyl (C=O) groups is 3. The van der Waals surface area contributed by atoms with Gasteiger partial charge in [0.15, 0.2) is 0 Å². The highest BCUT2D eigenvalue weighted by Crippen LogP contribution is 2.20. The van der Waals surface area contributed by atoms with E-state index in [2.05, 4.69) is 21.9 Å². The van der Waals surface area contributed by atoms with Crippen molar-refractivity contribution in [2.24, 2.45) is 5.92 Å². The summed E-state index contributed by atoms with van der Waals surface area (Å²) in [5.74, 6) is 0.927. The van der Waals surface area contributed by atoms with Gasteiger partial charge in [0, 0.05) is 6.54 Å². The van der Waals surface area contributed by atoms with Gasteiger partial charge in [-0.1, -0.05) is 18.1 Å². The lowest BCUT2D eigenvalue weighted by Gasteiger charge is -2.25. The van der Waals surface area contributed by atoms with Crippen LogP contribution in [-0.2, 0) is 9.59 Å². The smallest absolute Gasteiger partial charge is 0.254 e. The van der Waals surface area contributed by atoms with Gasteiger partial charge in [-0.15, -0.1) is 18.0 Å². The molecule has 1 aromatic rings. The summed E-state index contributed by atoms with van der Waals surface area (Å²) in [6, 6.07) is 6.62. The maximum absolute atomic E-state index is 12.3. The Hall–Kier alpha value is -2.52. The van der Waals surface area contributed by atoms with Crippen LogP contribution in [-0.4, -0.2) is 36.2 Å². The van der Waals surface area contributed by atoms with Gasteiger partial charge in [0.25, 0.3) is 5.91 Å². The second-order valence-corrected chi connectivity index (χ2v) is 5.59. The molecule has 6 nitrogen and oxygen atoms in total. The average molecular weight is 334 g/mol. The Morgan fingerprint density at radius 1 is 1.39 bits per heavy atom. The zero-order valence-corrected chi connectivity index (χ0v) is 13.0. The fourth-order valence-corrected chi connectivity index (χ4v) is 2.52.